The molecule has 0 amide bonds. The minimum Gasteiger partial charge on any atom is -0.456 e. The van der Waals surface area contributed by atoms with Gasteiger partial charge in [0.1, 0.15) is 0 Å². The van der Waals surface area contributed by atoms with Gasteiger partial charge in [-0.3, -0.25) is 0 Å². The van der Waals surface area contributed by atoms with Gasteiger partial charge in [-0.2, -0.15) is 0 Å². The van der Waals surface area contributed by atoms with Crippen LogP contribution in [0.1, 0.15) is 46.0 Å². The van der Waals surface area contributed by atoms with E-state index in [4.69, 9.17) is 4.74 Å². The first-order valence-electron chi connectivity index (χ1n) is 4.96. The molecule has 0 aliphatic carbocycles. The molecule has 2 heteroatoms. The van der Waals surface area contributed by atoms with E-state index in [9.17, 15) is 4.79 Å². The van der Waals surface area contributed by atoms with Gasteiger partial charge in [0.05, 0.1) is 6.61 Å². The van der Waals surface area contributed by atoms with E-state index in [1.165, 1.54) is 12.8 Å². The predicted octanol–water partition coefficient (Wildman–Crippen LogP) is 2.52. The quantitative estimate of drug-likeness (QED) is 0.282. The molecule has 0 saturated heterocycles. The molecule has 0 aromatic carbocycles. The second kappa shape index (κ2) is 9.12. The van der Waals surface area contributed by atoms with Crippen molar-refractivity contribution in [1.29, 1.82) is 0 Å². The molecule has 0 spiro atoms. The molecular weight excluding hydrogens is 164 g/mol. The van der Waals surface area contributed by atoms with Gasteiger partial charge in [0.15, 0.2) is 0 Å². The number of hydrogen-bond acceptors (Lipinski definition) is 2. The van der Waals surface area contributed by atoms with Crippen LogP contribution in [0.25, 0.3) is 0 Å². The monoisotopic (exact) mass is 182 g/mol. The molecule has 0 N–H and O–H groups in total. The van der Waals surface area contributed by atoms with Crippen LogP contribution in [0, 0.1) is 11.8 Å². The topological polar surface area (TPSA) is 26.3 Å². The highest BCUT2D eigenvalue weighted by molar-refractivity contribution is 5.88. The molecule has 13 heavy (non-hydrogen) atoms. The van der Waals surface area contributed by atoms with Gasteiger partial charge < -0.3 is 4.74 Å². The third kappa shape index (κ3) is 8.94. The third-order valence-electron chi connectivity index (χ3n) is 1.53. The zero-order valence-corrected chi connectivity index (χ0v) is 8.56. The fourth-order valence-electron chi connectivity index (χ4n) is 0.829. The first-order chi connectivity index (χ1) is 6.31. The zero-order valence-electron chi connectivity index (χ0n) is 8.56. The lowest BCUT2D eigenvalue weighted by Gasteiger charge is -1.94. The van der Waals surface area contributed by atoms with E-state index >= 15 is 0 Å². The zero-order chi connectivity index (χ0) is 9.94. The van der Waals surface area contributed by atoms with Gasteiger partial charge in [-0.15, -0.1) is 0 Å². The Labute approximate surface area is 80.7 Å². The van der Waals surface area contributed by atoms with Crippen LogP contribution < -0.4 is 0 Å². The molecule has 0 rings (SSSR count). The number of carbonyl (C=O) groups excluding carboxylic acids is 1. The van der Waals surface area contributed by atoms with Gasteiger partial charge >= 0.3 is 5.97 Å². The van der Waals surface area contributed by atoms with E-state index in [1.807, 2.05) is 6.92 Å². The van der Waals surface area contributed by atoms with Crippen molar-refractivity contribution in [3.05, 3.63) is 0 Å². The van der Waals surface area contributed by atoms with Gasteiger partial charge in [0, 0.05) is 12.3 Å². The van der Waals surface area contributed by atoms with Crippen molar-refractivity contribution in [3.8, 4) is 11.8 Å². The van der Waals surface area contributed by atoms with Crippen molar-refractivity contribution in [3.63, 3.8) is 0 Å². The van der Waals surface area contributed by atoms with E-state index in [0.717, 1.165) is 19.3 Å². The summed E-state index contributed by atoms with van der Waals surface area (Å²) in [6.07, 6.45) is 5.09. The standard InChI is InChI=1S/C11H18O2/c1-3-5-6-7-8-9-11(12)13-10-4-2/h3-7,10H2,1-2H3. The molecule has 0 aromatic heterocycles. The lowest BCUT2D eigenvalue weighted by Crippen LogP contribution is -2.01. The maximum absolute atomic E-state index is 10.8. The largest absolute Gasteiger partial charge is 0.456 e. The molecule has 0 atom stereocenters. The Balaban J connectivity index is 3.40. The van der Waals surface area contributed by atoms with Gasteiger partial charge in [0.2, 0.25) is 0 Å². The molecule has 0 heterocycles. The summed E-state index contributed by atoms with van der Waals surface area (Å²) < 4.78 is 4.79. The number of hydrogen-bond donors (Lipinski definition) is 0. The average molecular weight is 182 g/mol. The van der Waals surface area contributed by atoms with E-state index in [0.29, 0.717) is 6.61 Å². The van der Waals surface area contributed by atoms with Crippen molar-refractivity contribution in [1.82, 2.24) is 0 Å². The summed E-state index contributed by atoms with van der Waals surface area (Å²) in [6, 6.07) is 0. The van der Waals surface area contributed by atoms with Crippen LogP contribution in [0.15, 0.2) is 0 Å². The van der Waals surface area contributed by atoms with Crippen molar-refractivity contribution in [2.45, 2.75) is 46.0 Å². The molecule has 0 saturated carbocycles. The molecule has 0 aromatic rings. The molecule has 0 radical (unpaired) electrons. The number of carbonyl (C=O) groups is 1. The number of ether oxygens (including phenoxy) is 1. The summed E-state index contributed by atoms with van der Waals surface area (Å²) in [5, 5.41) is 0. The second-order valence-corrected chi connectivity index (χ2v) is 2.89. The molecule has 0 unspecified atom stereocenters. The minimum absolute atomic E-state index is 0.390. The Kier molecular flexibility index (Phi) is 8.44. The Morgan fingerprint density at radius 3 is 2.62 bits per heavy atom. The lowest BCUT2D eigenvalue weighted by molar-refractivity contribution is -0.136. The first-order valence-corrected chi connectivity index (χ1v) is 4.96. The fraction of sp³-hybridized carbons (Fsp3) is 0.727. The minimum atomic E-state index is -0.390. The van der Waals surface area contributed by atoms with Gasteiger partial charge in [-0.1, -0.05) is 32.6 Å². The Hall–Kier alpha value is -0.970. The number of esters is 1. The smallest absolute Gasteiger partial charge is 0.384 e. The lowest BCUT2D eigenvalue weighted by atomic mass is 10.2. The van der Waals surface area contributed by atoms with Crippen LogP contribution in [0.2, 0.25) is 0 Å². The molecule has 0 fully saturated rings. The fourth-order valence-corrected chi connectivity index (χ4v) is 0.829. The first kappa shape index (κ1) is 12.0. The van der Waals surface area contributed by atoms with Crippen LogP contribution in [-0.2, 0) is 9.53 Å². The third-order valence-corrected chi connectivity index (χ3v) is 1.53. The summed E-state index contributed by atoms with van der Waals surface area (Å²) in [4.78, 5) is 10.8. The van der Waals surface area contributed by atoms with E-state index in [2.05, 4.69) is 18.8 Å². The maximum atomic E-state index is 10.8. The average Bonchev–Trinajstić information content (AvgIpc) is 2.14. The highest BCUT2D eigenvalue weighted by atomic mass is 16.5. The molecule has 0 bridgehead atoms. The normalized spacial score (nSPS) is 8.77. The highest BCUT2D eigenvalue weighted by Crippen LogP contribution is 1.96. The van der Waals surface area contributed by atoms with Crippen LogP contribution in [-0.4, -0.2) is 12.6 Å². The summed E-state index contributed by atoms with van der Waals surface area (Å²) in [7, 11) is 0. The summed E-state index contributed by atoms with van der Waals surface area (Å²) in [5.41, 5.74) is 0. The number of rotatable bonds is 5. The summed E-state index contributed by atoms with van der Waals surface area (Å²) in [5.74, 6) is 4.88. The summed E-state index contributed by atoms with van der Waals surface area (Å²) in [6.45, 7) is 4.58. The van der Waals surface area contributed by atoms with Gasteiger partial charge in [-0.05, 0) is 12.8 Å². The van der Waals surface area contributed by atoms with E-state index < -0.39 is 5.97 Å². The molecule has 74 valence electrons. The van der Waals surface area contributed by atoms with Crippen molar-refractivity contribution >= 4 is 5.97 Å². The Bertz CT molecular complexity index is 186. The highest BCUT2D eigenvalue weighted by Gasteiger charge is 1.92. The Morgan fingerprint density at radius 1 is 1.23 bits per heavy atom. The summed E-state index contributed by atoms with van der Waals surface area (Å²) >= 11 is 0. The maximum Gasteiger partial charge on any atom is 0.384 e. The number of unbranched alkanes of at least 4 members (excludes halogenated alkanes) is 3. The van der Waals surface area contributed by atoms with Crippen LogP contribution >= 0.6 is 0 Å². The van der Waals surface area contributed by atoms with Crippen molar-refractivity contribution in [2.24, 2.45) is 0 Å². The van der Waals surface area contributed by atoms with Crippen LogP contribution in [0.5, 0.6) is 0 Å². The van der Waals surface area contributed by atoms with Gasteiger partial charge in [0.25, 0.3) is 0 Å². The second-order valence-electron chi connectivity index (χ2n) is 2.89. The van der Waals surface area contributed by atoms with Crippen molar-refractivity contribution < 1.29 is 9.53 Å². The van der Waals surface area contributed by atoms with Gasteiger partial charge in [-0.25, -0.2) is 4.79 Å². The SMILES string of the molecule is CCCCCC#CC(=O)OCCC. The van der Waals surface area contributed by atoms with Crippen LogP contribution in [0.3, 0.4) is 0 Å². The predicted molar refractivity (Wildman–Crippen MR) is 53.2 cm³/mol. The molecule has 2 nitrogen and oxygen atoms in total. The molecule has 0 aliphatic heterocycles. The van der Waals surface area contributed by atoms with E-state index in [-0.39, 0.29) is 0 Å². The molecule has 0 aliphatic rings. The van der Waals surface area contributed by atoms with Crippen molar-refractivity contribution in [2.75, 3.05) is 6.61 Å². The Morgan fingerprint density at radius 2 is 2.00 bits per heavy atom. The van der Waals surface area contributed by atoms with Crippen LogP contribution in [0.4, 0.5) is 0 Å². The molecular formula is C11H18O2. The van der Waals surface area contributed by atoms with E-state index in [1.54, 1.807) is 0 Å².